The zero-order chi connectivity index (χ0) is 21.0. The summed E-state index contributed by atoms with van der Waals surface area (Å²) in [5, 5.41) is 16.3. The molecule has 1 amide bonds. The number of nitrogens with zero attached hydrogens (tertiary/aromatic N) is 4. The smallest absolute Gasteiger partial charge is 0.434 e. The second-order valence-corrected chi connectivity index (χ2v) is 8.61. The van der Waals surface area contributed by atoms with Gasteiger partial charge in [0.1, 0.15) is 11.4 Å². The summed E-state index contributed by atoms with van der Waals surface area (Å²) in [6.45, 7) is 1.95. The van der Waals surface area contributed by atoms with E-state index >= 15 is 4.39 Å². The second kappa shape index (κ2) is 7.08. The van der Waals surface area contributed by atoms with Crippen molar-refractivity contribution in [3.8, 4) is 5.75 Å². The molecule has 30 heavy (non-hydrogen) atoms. The van der Waals surface area contributed by atoms with Gasteiger partial charge in [0.05, 0.1) is 12.1 Å². The van der Waals surface area contributed by atoms with Gasteiger partial charge >= 0.3 is 12.1 Å². The third-order valence-corrected chi connectivity index (χ3v) is 6.53. The number of aliphatic imine (C=N–C) groups is 1. The molecule has 4 aliphatic heterocycles. The Labute approximate surface area is 176 Å². The van der Waals surface area contributed by atoms with Crippen molar-refractivity contribution in [2.24, 2.45) is 4.99 Å². The number of benzene rings is 1. The number of carboxylic acids is 1. The molecule has 1 fully saturated rings. The van der Waals surface area contributed by atoms with Crippen LogP contribution in [0.2, 0.25) is 0 Å². The van der Waals surface area contributed by atoms with Gasteiger partial charge in [-0.25, -0.2) is 19.0 Å². The summed E-state index contributed by atoms with van der Waals surface area (Å²) in [5.41, 5.74) is 1.28. The van der Waals surface area contributed by atoms with Gasteiger partial charge in [-0.15, -0.1) is 0 Å². The van der Waals surface area contributed by atoms with Crippen LogP contribution >= 0.6 is 11.8 Å². The van der Waals surface area contributed by atoms with Crippen molar-refractivity contribution in [1.29, 1.82) is 0 Å². The van der Waals surface area contributed by atoms with Gasteiger partial charge in [-0.05, 0) is 18.1 Å². The van der Waals surface area contributed by atoms with Gasteiger partial charge in [0.2, 0.25) is 0 Å². The molecule has 2 N–H and O–H groups in total. The number of nitrogens with one attached hydrogen (secondary N) is 1. The van der Waals surface area contributed by atoms with Crippen LogP contribution in [0.5, 0.6) is 5.75 Å². The van der Waals surface area contributed by atoms with E-state index in [-0.39, 0.29) is 29.5 Å². The summed E-state index contributed by atoms with van der Waals surface area (Å²) in [4.78, 5) is 30.2. The Bertz CT molecular complexity index is 1010. The lowest BCUT2D eigenvalue weighted by Gasteiger charge is -2.40. The van der Waals surface area contributed by atoms with E-state index in [1.165, 1.54) is 29.3 Å². The quantitative estimate of drug-likeness (QED) is 0.745. The van der Waals surface area contributed by atoms with Crippen LogP contribution in [-0.2, 0) is 11.2 Å². The highest BCUT2D eigenvalue weighted by molar-refractivity contribution is 8.14. The highest BCUT2D eigenvalue weighted by Crippen LogP contribution is 2.49. The van der Waals surface area contributed by atoms with Crippen LogP contribution in [0.4, 0.5) is 20.6 Å². The molecule has 0 saturated carbocycles. The summed E-state index contributed by atoms with van der Waals surface area (Å²) >= 11 is 1.68. The molecule has 5 rings (SSSR count). The maximum absolute atomic E-state index is 15.2. The first-order chi connectivity index (χ1) is 14.4. The number of hydrogen-bond acceptors (Lipinski definition) is 8. The molecular formula is C19H20FN5O4S. The molecule has 0 aliphatic carbocycles. The number of amides is 1. The van der Waals surface area contributed by atoms with Crippen molar-refractivity contribution in [3.63, 3.8) is 0 Å². The molecular weight excluding hydrogens is 413 g/mol. The molecule has 158 valence electrons. The first-order valence-corrected chi connectivity index (χ1v) is 10.6. The summed E-state index contributed by atoms with van der Waals surface area (Å²) < 4.78 is 20.8. The van der Waals surface area contributed by atoms with E-state index in [0.717, 1.165) is 23.9 Å². The van der Waals surface area contributed by atoms with E-state index in [4.69, 9.17) is 4.74 Å². The van der Waals surface area contributed by atoms with Gasteiger partial charge in [0.15, 0.2) is 16.7 Å². The van der Waals surface area contributed by atoms with Gasteiger partial charge in [0.25, 0.3) is 0 Å². The molecule has 0 radical (unpaired) electrons. The number of carbonyl (C=O) groups is 2. The van der Waals surface area contributed by atoms with Crippen molar-refractivity contribution < 1.29 is 23.8 Å². The lowest BCUT2D eigenvalue weighted by molar-refractivity contribution is -0.132. The number of amidine groups is 1. The molecule has 0 aromatic heterocycles. The fraction of sp³-hybridized carbons (Fsp3) is 0.421. The van der Waals surface area contributed by atoms with E-state index in [1.807, 2.05) is 4.90 Å². The lowest BCUT2D eigenvalue weighted by Crippen LogP contribution is -2.48. The van der Waals surface area contributed by atoms with Crippen LogP contribution in [0, 0.1) is 5.82 Å². The summed E-state index contributed by atoms with van der Waals surface area (Å²) in [6.07, 6.45) is 1.54. The third-order valence-electron chi connectivity index (χ3n) is 5.62. The number of hydrazine groups is 1. The number of carbonyl (C=O) groups excluding carboxylic acids is 1. The average molecular weight is 433 g/mol. The van der Waals surface area contributed by atoms with Gasteiger partial charge in [-0.1, -0.05) is 11.8 Å². The van der Waals surface area contributed by atoms with Crippen molar-refractivity contribution in [3.05, 3.63) is 29.2 Å². The standard InChI is InChI=1S/C19H20FN5O4S/c1-23-19(28)29-16-14-10(6-11(17(26)27)8-25(14)23)7-13(20)15(16)24-4-2-12(9-24)22-18-21-3-5-30-18/h7-8,12H,2-6,9H2,1H3,(H,21,22)(H,26,27). The number of rotatable bonds is 3. The molecule has 9 nitrogen and oxygen atoms in total. The highest BCUT2D eigenvalue weighted by Gasteiger charge is 2.40. The number of thioether (sulfide) groups is 1. The molecule has 0 bridgehead atoms. The van der Waals surface area contributed by atoms with Crippen LogP contribution in [0.25, 0.3) is 0 Å². The predicted octanol–water partition coefficient (Wildman–Crippen LogP) is 1.79. The second-order valence-electron chi connectivity index (χ2n) is 7.53. The Kier molecular flexibility index (Phi) is 4.49. The molecule has 0 spiro atoms. The van der Waals surface area contributed by atoms with Crippen molar-refractivity contribution in [2.45, 2.75) is 18.9 Å². The topological polar surface area (TPSA) is 97.7 Å². The number of halogens is 1. The number of hydrogen-bond donors (Lipinski definition) is 2. The minimum Gasteiger partial charge on any atom is -0.478 e. The van der Waals surface area contributed by atoms with Crippen LogP contribution in [0.15, 0.2) is 22.8 Å². The van der Waals surface area contributed by atoms with Gasteiger partial charge in [0, 0.05) is 44.6 Å². The third kappa shape index (κ3) is 3.04. The lowest BCUT2D eigenvalue weighted by atomic mass is 9.98. The monoisotopic (exact) mass is 433 g/mol. The normalized spacial score (nSPS) is 22.5. The van der Waals surface area contributed by atoms with E-state index in [9.17, 15) is 14.7 Å². The molecule has 4 aliphatic rings. The van der Waals surface area contributed by atoms with E-state index in [1.54, 1.807) is 11.8 Å². The van der Waals surface area contributed by atoms with E-state index in [0.29, 0.717) is 24.3 Å². The molecule has 1 unspecified atom stereocenters. The number of carboxylic acid groups (broad SMARTS) is 1. The Morgan fingerprint density at radius 1 is 1.43 bits per heavy atom. The molecule has 1 aromatic rings. The maximum atomic E-state index is 15.2. The first kappa shape index (κ1) is 19.0. The average Bonchev–Trinajstić information content (AvgIpc) is 3.38. The highest BCUT2D eigenvalue weighted by atomic mass is 32.2. The van der Waals surface area contributed by atoms with Crippen LogP contribution in [-0.4, -0.2) is 65.8 Å². The molecule has 11 heteroatoms. The fourth-order valence-corrected chi connectivity index (χ4v) is 4.99. The van der Waals surface area contributed by atoms with Crippen molar-refractivity contribution in [1.82, 2.24) is 10.3 Å². The number of ether oxygens (including phenoxy) is 1. The van der Waals surface area contributed by atoms with Gasteiger partial charge < -0.3 is 20.1 Å². The molecule has 1 atom stereocenters. The number of aliphatic carboxylic acids is 1. The predicted molar refractivity (Wildman–Crippen MR) is 111 cm³/mol. The van der Waals surface area contributed by atoms with Crippen molar-refractivity contribution >= 4 is 40.4 Å². The summed E-state index contributed by atoms with van der Waals surface area (Å²) in [7, 11) is 1.48. The molecule has 1 saturated heterocycles. The minimum absolute atomic E-state index is 0.0536. The fourth-order valence-electron chi connectivity index (χ4n) is 4.18. The number of anilines is 2. The van der Waals surface area contributed by atoms with E-state index in [2.05, 4.69) is 10.3 Å². The SMILES string of the molecule is CN1C(=O)Oc2c(N3CCC(NC4=NCCS4)C3)c(F)cc3c2N1C=C(C(=O)O)C3. The minimum atomic E-state index is -1.11. The van der Waals surface area contributed by atoms with Gasteiger partial charge in [-0.3, -0.25) is 10.0 Å². The Hall–Kier alpha value is -2.95. The van der Waals surface area contributed by atoms with E-state index < -0.39 is 17.9 Å². The van der Waals surface area contributed by atoms with Crippen molar-refractivity contribution in [2.75, 3.05) is 42.3 Å². The van der Waals surface area contributed by atoms with Crippen LogP contribution in [0.1, 0.15) is 12.0 Å². The summed E-state index contributed by atoms with van der Waals surface area (Å²) in [6, 6.07) is 1.47. The zero-order valence-corrected chi connectivity index (χ0v) is 17.0. The molecule has 4 heterocycles. The van der Waals surface area contributed by atoms with Crippen LogP contribution < -0.4 is 20.0 Å². The zero-order valence-electron chi connectivity index (χ0n) is 16.2. The van der Waals surface area contributed by atoms with Gasteiger partial charge in [-0.2, -0.15) is 0 Å². The maximum Gasteiger partial charge on any atom is 0.434 e. The Balaban J connectivity index is 1.51. The molecule has 1 aromatic carbocycles. The first-order valence-electron chi connectivity index (χ1n) is 9.65. The van der Waals surface area contributed by atoms with Crippen LogP contribution in [0.3, 0.4) is 0 Å². The Morgan fingerprint density at radius 2 is 2.27 bits per heavy atom. The largest absolute Gasteiger partial charge is 0.478 e. The summed E-state index contributed by atoms with van der Waals surface area (Å²) in [5.74, 6) is -0.531. The Morgan fingerprint density at radius 3 is 3.00 bits per heavy atom.